The molecule has 0 bridgehead atoms. The molecule has 0 aliphatic rings. The fourth-order valence-electron chi connectivity index (χ4n) is 1.65. The summed E-state index contributed by atoms with van der Waals surface area (Å²) < 4.78 is 5.14. The van der Waals surface area contributed by atoms with Crippen LogP contribution < -0.4 is 4.98 Å². The average molecular weight is 266 g/mol. The molecule has 5 heteroatoms. The molecule has 0 saturated heterocycles. The van der Waals surface area contributed by atoms with Gasteiger partial charge in [0.05, 0.1) is 12.3 Å². The van der Waals surface area contributed by atoms with Gasteiger partial charge in [-0.2, -0.15) is 0 Å². The molecule has 0 aliphatic heterocycles. The van der Waals surface area contributed by atoms with E-state index in [1.807, 2.05) is 12.1 Å². The Bertz CT molecular complexity index is 437. The molecule has 2 N–H and O–H groups in total. The quantitative estimate of drug-likeness (QED) is 0.819. The molecule has 1 heterocycles. The normalized spacial score (nSPS) is 12.8. The third kappa shape index (κ3) is 5.99. The monoisotopic (exact) mass is 266 g/mol. The molecule has 0 spiro atoms. The van der Waals surface area contributed by atoms with E-state index < -0.39 is 23.5 Å². The summed E-state index contributed by atoms with van der Waals surface area (Å²) >= 11 is 0. The highest BCUT2D eigenvalue weighted by Crippen LogP contribution is 2.14. The van der Waals surface area contributed by atoms with E-state index in [2.05, 4.69) is 4.98 Å². The summed E-state index contributed by atoms with van der Waals surface area (Å²) in [6.07, 6.45) is 1.87. The molecule has 19 heavy (non-hydrogen) atoms. The zero-order chi connectivity index (χ0) is 14.5. The van der Waals surface area contributed by atoms with Gasteiger partial charge in [-0.3, -0.25) is 9.59 Å². The van der Waals surface area contributed by atoms with E-state index in [0.717, 1.165) is 5.69 Å². The van der Waals surface area contributed by atoms with Gasteiger partial charge < -0.3 is 9.84 Å². The molecule has 5 nitrogen and oxygen atoms in total. The first-order valence-corrected chi connectivity index (χ1v) is 6.18. The fraction of sp³-hybridized carbons (Fsp3) is 0.500. The van der Waals surface area contributed by atoms with Crippen molar-refractivity contribution in [3.8, 4) is 0 Å². The number of H-pyrrole nitrogens is 1. The molecule has 1 aromatic heterocycles. The minimum Gasteiger partial charge on any atom is -0.481 e. The number of aromatic nitrogens is 1. The van der Waals surface area contributed by atoms with Crippen LogP contribution >= 0.6 is 0 Å². The number of carboxylic acid groups (broad SMARTS) is 1. The molecule has 1 aromatic rings. The van der Waals surface area contributed by atoms with E-state index in [4.69, 9.17) is 9.84 Å². The summed E-state index contributed by atoms with van der Waals surface area (Å²) in [5.74, 6) is -2.27. The van der Waals surface area contributed by atoms with Crippen molar-refractivity contribution < 1.29 is 24.4 Å². The van der Waals surface area contributed by atoms with Crippen molar-refractivity contribution in [3.63, 3.8) is 0 Å². The van der Waals surface area contributed by atoms with Crippen molar-refractivity contribution in [2.24, 2.45) is 5.92 Å². The SMILES string of the molecule is CC(C)(C)OC(=O)C[C@@H](Cc1cccc[nH+]1)C(=O)O. The first kappa shape index (κ1) is 15.1. The fourth-order valence-corrected chi connectivity index (χ4v) is 1.65. The smallest absolute Gasteiger partial charge is 0.307 e. The maximum Gasteiger partial charge on any atom is 0.307 e. The van der Waals surface area contributed by atoms with Gasteiger partial charge in [0.25, 0.3) is 0 Å². The van der Waals surface area contributed by atoms with Gasteiger partial charge in [0.15, 0.2) is 11.9 Å². The van der Waals surface area contributed by atoms with E-state index in [0.29, 0.717) is 0 Å². The maximum atomic E-state index is 11.7. The van der Waals surface area contributed by atoms with E-state index in [-0.39, 0.29) is 12.8 Å². The predicted molar refractivity (Wildman–Crippen MR) is 68.3 cm³/mol. The zero-order valence-corrected chi connectivity index (χ0v) is 11.5. The molecule has 0 fully saturated rings. The van der Waals surface area contributed by atoms with Crippen molar-refractivity contribution in [2.75, 3.05) is 0 Å². The van der Waals surface area contributed by atoms with Gasteiger partial charge in [-0.1, -0.05) is 6.07 Å². The summed E-state index contributed by atoms with van der Waals surface area (Å²) in [6, 6.07) is 5.43. The molecule has 0 amide bonds. The second-order valence-corrected chi connectivity index (χ2v) is 5.42. The Morgan fingerprint density at radius 3 is 2.53 bits per heavy atom. The van der Waals surface area contributed by atoms with Crippen molar-refractivity contribution in [3.05, 3.63) is 30.1 Å². The highest BCUT2D eigenvalue weighted by molar-refractivity contribution is 5.79. The van der Waals surface area contributed by atoms with Gasteiger partial charge >= 0.3 is 11.9 Å². The van der Waals surface area contributed by atoms with Crippen LogP contribution in [0.15, 0.2) is 24.4 Å². The van der Waals surface area contributed by atoms with E-state index in [1.54, 1.807) is 33.0 Å². The van der Waals surface area contributed by atoms with Crippen LogP contribution in [0.2, 0.25) is 0 Å². The van der Waals surface area contributed by atoms with Crippen LogP contribution in [0.5, 0.6) is 0 Å². The Balaban J connectivity index is 2.64. The number of carboxylic acids is 1. The lowest BCUT2D eigenvalue weighted by Gasteiger charge is -2.20. The minimum absolute atomic E-state index is 0.130. The van der Waals surface area contributed by atoms with Gasteiger partial charge in [0.1, 0.15) is 5.60 Å². The lowest BCUT2D eigenvalue weighted by molar-refractivity contribution is -0.391. The lowest BCUT2D eigenvalue weighted by atomic mass is 9.99. The maximum absolute atomic E-state index is 11.7. The van der Waals surface area contributed by atoms with Crippen LogP contribution in [-0.2, 0) is 20.7 Å². The molecular weight excluding hydrogens is 246 g/mol. The van der Waals surface area contributed by atoms with Crippen molar-refractivity contribution in [2.45, 2.75) is 39.2 Å². The first-order chi connectivity index (χ1) is 8.78. The van der Waals surface area contributed by atoms with Gasteiger partial charge in [-0.25, -0.2) is 4.98 Å². The van der Waals surface area contributed by atoms with Crippen LogP contribution in [-0.4, -0.2) is 22.6 Å². The molecule has 0 unspecified atom stereocenters. The second kappa shape index (κ2) is 6.31. The van der Waals surface area contributed by atoms with Crippen LogP contribution in [0.1, 0.15) is 32.9 Å². The number of aromatic amines is 1. The number of esters is 1. The predicted octanol–water partition coefficient (Wildman–Crippen LogP) is 1.48. The third-order valence-electron chi connectivity index (χ3n) is 2.42. The molecule has 0 radical (unpaired) electrons. The van der Waals surface area contributed by atoms with Crippen molar-refractivity contribution >= 4 is 11.9 Å². The topological polar surface area (TPSA) is 77.7 Å². The molecule has 104 valence electrons. The Morgan fingerprint density at radius 2 is 2.05 bits per heavy atom. The van der Waals surface area contributed by atoms with Crippen LogP contribution in [0.25, 0.3) is 0 Å². The Morgan fingerprint density at radius 1 is 1.37 bits per heavy atom. The lowest BCUT2D eigenvalue weighted by Crippen LogP contribution is -2.29. The summed E-state index contributed by atoms with van der Waals surface area (Å²) in [5, 5.41) is 9.16. The second-order valence-electron chi connectivity index (χ2n) is 5.42. The molecule has 1 rings (SSSR count). The molecule has 0 aliphatic carbocycles. The summed E-state index contributed by atoms with van der Waals surface area (Å²) in [4.78, 5) is 25.8. The number of hydrogen-bond acceptors (Lipinski definition) is 3. The first-order valence-electron chi connectivity index (χ1n) is 6.18. The highest BCUT2D eigenvalue weighted by atomic mass is 16.6. The van der Waals surface area contributed by atoms with E-state index in [1.165, 1.54) is 0 Å². The molecule has 0 saturated carbocycles. The van der Waals surface area contributed by atoms with Gasteiger partial charge in [-0.15, -0.1) is 0 Å². The number of pyridine rings is 1. The largest absolute Gasteiger partial charge is 0.481 e. The highest BCUT2D eigenvalue weighted by Gasteiger charge is 2.26. The standard InChI is InChI=1S/C14H19NO4/c1-14(2,3)19-12(16)9-10(13(17)18)8-11-6-4-5-7-15-11/h4-7,10H,8-9H2,1-3H3,(H,17,18)/p+1/t10-/m1/s1. The summed E-state index contributed by atoms with van der Waals surface area (Å²) in [7, 11) is 0. The number of carbonyl (C=O) groups excluding carboxylic acids is 1. The van der Waals surface area contributed by atoms with Gasteiger partial charge in [0, 0.05) is 18.6 Å². The summed E-state index contributed by atoms with van der Waals surface area (Å²) in [6.45, 7) is 5.27. The Kier molecular flexibility index (Phi) is 5.03. The number of nitrogens with one attached hydrogen (secondary N) is 1. The van der Waals surface area contributed by atoms with Gasteiger partial charge in [-0.05, 0) is 20.8 Å². The molecule has 0 aromatic carbocycles. The third-order valence-corrected chi connectivity index (χ3v) is 2.42. The number of hydrogen-bond donors (Lipinski definition) is 1. The van der Waals surface area contributed by atoms with Crippen LogP contribution in [0, 0.1) is 5.92 Å². The van der Waals surface area contributed by atoms with Crippen molar-refractivity contribution in [1.82, 2.24) is 0 Å². The van der Waals surface area contributed by atoms with Crippen molar-refractivity contribution in [1.29, 1.82) is 0 Å². The van der Waals surface area contributed by atoms with Crippen LogP contribution in [0.4, 0.5) is 0 Å². The number of carbonyl (C=O) groups is 2. The van der Waals surface area contributed by atoms with Gasteiger partial charge in [0.2, 0.25) is 0 Å². The van der Waals surface area contributed by atoms with Crippen LogP contribution in [0.3, 0.4) is 0 Å². The molecule has 1 atom stereocenters. The Labute approximate surface area is 112 Å². The Hall–Kier alpha value is -1.91. The number of aliphatic carboxylic acids is 1. The van der Waals surface area contributed by atoms with E-state index >= 15 is 0 Å². The van der Waals surface area contributed by atoms with E-state index in [9.17, 15) is 9.59 Å². The number of ether oxygens (including phenoxy) is 1. The minimum atomic E-state index is -0.997. The average Bonchev–Trinajstić information content (AvgIpc) is 2.26. The zero-order valence-electron chi connectivity index (χ0n) is 11.5. The number of rotatable bonds is 5. The molecular formula is C14H20NO4+. The summed E-state index contributed by atoms with van der Waals surface area (Å²) in [5.41, 5.74) is 0.178.